The summed E-state index contributed by atoms with van der Waals surface area (Å²) in [6.07, 6.45) is 3.46. The van der Waals surface area contributed by atoms with Gasteiger partial charge >= 0.3 is 0 Å². The van der Waals surface area contributed by atoms with Crippen LogP contribution in [0.25, 0.3) is 0 Å². The molecule has 0 bridgehead atoms. The molecular weight excluding hydrogens is 284 g/mol. The third-order valence-corrected chi connectivity index (χ3v) is 3.95. The van der Waals surface area contributed by atoms with Crippen molar-refractivity contribution in [3.05, 3.63) is 40.7 Å². The number of nitrogens with one attached hydrogen (secondary N) is 2. The second-order valence-electron chi connectivity index (χ2n) is 5.25. The van der Waals surface area contributed by atoms with Gasteiger partial charge in [0.1, 0.15) is 4.88 Å². The van der Waals surface area contributed by atoms with E-state index in [4.69, 9.17) is 0 Å². The van der Waals surface area contributed by atoms with Gasteiger partial charge in [-0.25, -0.2) is 4.98 Å². The van der Waals surface area contributed by atoms with Crippen LogP contribution >= 0.6 is 11.3 Å². The molecule has 0 saturated heterocycles. The number of hydrogen-bond donors (Lipinski definition) is 2. The predicted molar refractivity (Wildman–Crippen MR) is 85.6 cm³/mol. The van der Waals surface area contributed by atoms with Crippen molar-refractivity contribution in [1.82, 2.24) is 15.3 Å². The molecule has 2 aromatic rings. The van der Waals surface area contributed by atoms with Crippen molar-refractivity contribution in [2.75, 3.05) is 11.9 Å². The van der Waals surface area contributed by atoms with Gasteiger partial charge in [0.2, 0.25) is 0 Å². The molecule has 0 unspecified atom stereocenters. The van der Waals surface area contributed by atoms with Crippen molar-refractivity contribution >= 4 is 22.4 Å². The van der Waals surface area contributed by atoms with Gasteiger partial charge in [-0.3, -0.25) is 9.78 Å². The highest BCUT2D eigenvalue weighted by Crippen LogP contribution is 2.22. The molecule has 2 heterocycles. The van der Waals surface area contributed by atoms with E-state index in [1.54, 1.807) is 12.4 Å². The summed E-state index contributed by atoms with van der Waals surface area (Å²) < 4.78 is 0. The summed E-state index contributed by atoms with van der Waals surface area (Å²) in [5, 5.41) is 6.95. The first-order valence-electron chi connectivity index (χ1n) is 6.94. The highest BCUT2D eigenvalue weighted by molar-refractivity contribution is 7.17. The zero-order chi connectivity index (χ0) is 15.2. The van der Waals surface area contributed by atoms with Crippen LogP contribution in [0.3, 0.4) is 0 Å². The van der Waals surface area contributed by atoms with E-state index >= 15 is 0 Å². The Balaban J connectivity index is 1.96. The summed E-state index contributed by atoms with van der Waals surface area (Å²) in [5.41, 5.74) is 1.74. The normalized spacial score (nSPS) is 10.7. The van der Waals surface area contributed by atoms with Gasteiger partial charge in [-0.2, -0.15) is 0 Å². The molecule has 0 aliphatic rings. The fourth-order valence-corrected chi connectivity index (χ4v) is 2.63. The highest BCUT2D eigenvalue weighted by atomic mass is 32.1. The quantitative estimate of drug-likeness (QED) is 0.861. The Kier molecular flexibility index (Phi) is 5.27. The molecule has 0 aliphatic heterocycles. The topological polar surface area (TPSA) is 66.9 Å². The lowest BCUT2D eigenvalue weighted by atomic mass is 10.2. The molecule has 0 aliphatic carbocycles. The smallest absolute Gasteiger partial charge is 0.263 e. The molecule has 6 heteroatoms. The van der Waals surface area contributed by atoms with E-state index < -0.39 is 0 Å². The second kappa shape index (κ2) is 7.17. The maximum atomic E-state index is 12.2. The van der Waals surface area contributed by atoms with Crippen molar-refractivity contribution in [1.29, 1.82) is 0 Å². The van der Waals surface area contributed by atoms with Crippen LogP contribution in [0.4, 0.5) is 5.13 Å². The van der Waals surface area contributed by atoms with Crippen LogP contribution in [0, 0.1) is 12.8 Å². The molecular formula is C15H20N4OS. The number of anilines is 1. The summed E-state index contributed by atoms with van der Waals surface area (Å²) in [6.45, 7) is 7.45. The third kappa shape index (κ3) is 4.53. The van der Waals surface area contributed by atoms with Crippen LogP contribution < -0.4 is 10.6 Å². The molecule has 0 atom stereocenters. The maximum absolute atomic E-state index is 12.2. The number of thiazole rings is 1. The number of pyridine rings is 1. The zero-order valence-corrected chi connectivity index (χ0v) is 13.3. The molecule has 0 aromatic carbocycles. The largest absolute Gasteiger partial charge is 0.361 e. The molecule has 0 saturated carbocycles. The van der Waals surface area contributed by atoms with Gasteiger partial charge < -0.3 is 10.6 Å². The number of carbonyl (C=O) groups excluding carboxylic acids is 1. The number of aryl methyl sites for hydroxylation is 1. The monoisotopic (exact) mass is 304 g/mol. The number of hydrogen-bond acceptors (Lipinski definition) is 5. The lowest BCUT2D eigenvalue weighted by Crippen LogP contribution is -2.22. The second-order valence-corrected chi connectivity index (χ2v) is 6.25. The van der Waals surface area contributed by atoms with Gasteiger partial charge in [-0.15, -0.1) is 0 Å². The van der Waals surface area contributed by atoms with E-state index in [0.717, 1.165) is 22.9 Å². The van der Waals surface area contributed by atoms with Crippen LogP contribution in [0.5, 0.6) is 0 Å². The predicted octanol–water partition coefficient (Wildman–Crippen LogP) is 2.84. The number of nitrogens with zero attached hydrogens (tertiary/aromatic N) is 2. The molecule has 2 rings (SSSR count). The minimum Gasteiger partial charge on any atom is -0.361 e. The molecule has 112 valence electrons. The van der Waals surface area contributed by atoms with Crippen LogP contribution in [0.2, 0.25) is 0 Å². The summed E-state index contributed by atoms with van der Waals surface area (Å²) in [5.74, 6) is 0.448. The summed E-state index contributed by atoms with van der Waals surface area (Å²) >= 11 is 1.39. The highest BCUT2D eigenvalue weighted by Gasteiger charge is 2.15. The Morgan fingerprint density at radius 3 is 2.90 bits per heavy atom. The Labute approximate surface area is 128 Å². The Morgan fingerprint density at radius 1 is 1.43 bits per heavy atom. The average molecular weight is 304 g/mol. The number of amides is 1. The van der Waals surface area contributed by atoms with Crippen molar-refractivity contribution < 1.29 is 4.79 Å². The lowest BCUT2D eigenvalue weighted by Gasteiger charge is -2.04. The van der Waals surface area contributed by atoms with Gasteiger partial charge in [0.15, 0.2) is 5.13 Å². The summed E-state index contributed by atoms with van der Waals surface area (Å²) in [6, 6.07) is 3.79. The van der Waals surface area contributed by atoms with Gasteiger partial charge in [0.25, 0.3) is 5.91 Å². The standard InChI is InChI=1S/C15H20N4OS/c1-10(2)7-18-15-19-11(3)13(21-15)14(20)17-9-12-5-4-6-16-8-12/h4-6,8,10H,7,9H2,1-3H3,(H,17,20)(H,18,19). The first kappa shape index (κ1) is 15.4. The maximum Gasteiger partial charge on any atom is 0.263 e. The molecule has 0 radical (unpaired) electrons. The van der Waals surface area contributed by atoms with Gasteiger partial charge in [-0.05, 0) is 24.5 Å². The molecule has 2 aromatic heterocycles. The van der Waals surface area contributed by atoms with E-state index in [0.29, 0.717) is 17.3 Å². The third-order valence-electron chi connectivity index (χ3n) is 2.84. The summed E-state index contributed by atoms with van der Waals surface area (Å²) in [7, 11) is 0. The number of carbonyl (C=O) groups is 1. The van der Waals surface area contributed by atoms with Crippen molar-refractivity contribution in [2.45, 2.75) is 27.3 Å². The van der Waals surface area contributed by atoms with Crippen molar-refractivity contribution in [3.63, 3.8) is 0 Å². The Hall–Kier alpha value is -1.95. The Bertz CT molecular complexity index is 595. The van der Waals surface area contributed by atoms with Gasteiger partial charge in [0.05, 0.1) is 5.69 Å². The number of aromatic nitrogens is 2. The fraction of sp³-hybridized carbons (Fsp3) is 0.400. The SMILES string of the molecule is Cc1nc(NCC(C)C)sc1C(=O)NCc1cccnc1. The first-order chi connectivity index (χ1) is 10.1. The van der Waals surface area contributed by atoms with Crippen LogP contribution in [0.1, 0.15) is 34.8 Å². The van der Waals surface area contributed by atoms with Gasteiger partial charge in [-0.1, -0.05) is 31.3 Å². The van der Waals surface area contributed by atoms with E-state index in [9.17, 15) is 4.79 Å². The average Bonchev–Trinajstić information content (AvgIpc) is 2.85. The summed E-state index contributed by atoms with van der Waals surface area (Å²) in [4.78, 5) is 21.3. The molecule has 2 N–H and O–H groups in total. The van der Waals surface area contributed by atoms with E-state index in [1.807, 2.05) is 19.1 Å². The van der Waals surface area contributed by atoms with Crippen molar-refractivity contribution in [3.8, 4) is 0 Å². The van der Waals surface area contributed by atoms with Crippen LogP contribution in [-0.4, -0.2) is 22.4 Å². The van der Waals surface area contributed by atoms with Crippen LogP contribution in [-0.2, 0) is 6.54 Å². The van der Waals surface area contributed by atoms with Crippen LogP contribution in [0.15, 0.2) is 24.5 Å². The molecule has 0 fully saturated rings. The van der Waals surface area contributed by atoms with Crippen molar-refractivity contribution in [2.24, 2.45) is 5.92 Å². The minimum absolute atomic E-state index is 0.0912. The van der Waals surface area contributed by atoms with E-state index in [1.165, 1.54) is 11.3 Å². The Morgan fingerprint density at radius 2 is 2.24 bits per heavy atom. The fourth-order valence-electron chi connectivity index (χ4n) is 1.74. The molecule has 5 nitrogen and oxygen atoms in total. The first-order valence-corrected chi connectivity index (χ1v) is 7.76. The van der Waals surface area contributed by atoms with Gasteiger partial charge in [0, 0.05) is 25.5 Å². The van der Waals surface area contributed by atoms with E-state index in [-0.39, 0.29) is 5.91 Å². The molecule has 0 spiro atoms. The zero-order valence-electron chi connectivity index (χ0n) is 12.5. The number of rotatable bonds is 6. The molecule has 21 heavy (non-hydrogen) atoms. The lowest BCUT2D eigenvalue weighted by molar-refractivity contribution is 0.0954. The molecule has 1 amide bonds. The van der Waals surface area contributed by atoms with E-state index in [2.05, 4.69) is 34.4 Å². The minimum atomic E-state index is -0.0912.